The third-order valence-corrected chi connectivity index (χ3v) is 3.20. The van der Waals surface area contributed by atoms with Gasteiger partial charge in [-0.25, -0.2) is 0 Å². The topological polar surface area (TPSA) is 72.2 Å². The molecule has 102 valence electrons. The van der Waals surface area contributed by atoms with Crippen molar-refractivity contribution >= 4 is 38.8 Å². The maximum Gasteiger partial charge on any atom is 0.293 e. The smallest absolute Gasteiger partial charge is 0.293 e. The van der Waals surface area contributed by atoms with Crippen LogP contribution in [0.4, 0.5) is 17.1 Å². The molecule has 0 spiro atoms. The first kappa shape index (κ1) is 14.2. The van der Waals surface area contributed by atoms with Crippen LogP contribution in [-0.2, 0) is 0 Å². The van der Waals surface area contributed by atoms with E-state index in [4.69, 9.17) is 0 Å². The summed E-state index contributed by atoms with van der Waals surface area (Å²) in [5.74, 6) is -0.206. The van der Waals surface area contributed by atoms with Crippen molar-refractivity contribution in [3.8, 4) is 0 Å². The predicted molar refractivity (Wildman–Crippen MR) is 80.5 cm³/mol. The molecule has 2 aromatic carbocycles. The fourth-order valence-electron chi connectivity index (χ4n) is 1.73. The zero-order valence-electron chi connectivity index (χ0n) is 10.6. The third kappa shape index (κ3) is 3.21. The minimum Gasteiger partial charge on any atom is -0.350 e. The molecule has 0 atom stereocenters. The van der Waals surface area contributed by atoms with Gasteiger partial charge in [0.25, 0.3) is 5.69 Å². The fourth-order valence-corrected chi connectivity index (χ4v) is 2.13. The van der Waals surface area contributed by atoms with Gasteiger partial charge in [-0.2, -0.15) is 0 Å². The average molecular weight is 335 g/mol. The number of benzene rings is 2. The summed E-state index contributed by atoms with van der Waals surface area (Å²) >= 11 is 3.34. The summed E-state index contributed by atoms with van der Waals surface area (Å²) < 4.78 is 0.866. The van der Waals surface area contributed by atoms with E-state index in [0.717, 1.165) is 10.2 Å². The molecule has 6 heteroatoms. The lowest BCUT2D eigenvalue weighted by atomic mass is 10.1. The number of nitrogens with one attached hydrogen (secondary N) is 1. The van der Waals surface area contributed by atoms with Crippen molar-refractivity contribution in [3.05, 3.63) is 62.6 Å². The van der Waals surface area contributed by atoms with Gasteiger partial charge in [-0.05, 0) is 37.3 Å². The number of hydrogen-bond donors (Lipinski definition) is 1. The molecule has 5 nitrogen and oxygen atoms in total. The van der Waals surface area contributed by atoms with E-state index in [1.807, 2.05) is 18.2 Å². The van der Waals surface area contributed by atoms with Crippen LogP contribution in [0.5, 0.6) is 0 Å². The second kappa shape index (κ2) is 5.83. The van der Waals surface area contributed by atoms with Gasteiger partial charge in [0.05, 0.1) is 4.92 Å². The van der Waals surface area contributed by atoms with Gasteiger partial charge < -0.3 is 5.32 Å². The van der Waals surface area contributed by atoms with Crippen molar-refractivity contribution in [2.45, 2.75) is 6.92 Å². The Hall–Kier alpha value is -2.21. The van der Waals surface area contributed by atoms with Crippen LogP contribution in [0, 0.1) is 10.1 Å². The number of nitrogens with zero attached hydrogens (tertiary/aromatic N) is 1. The van der Waals surface area contributed by atoms with E-state index in [9.17, 15) is 14.9 Å². The minimum absolute atomic E-state index is 0.127. The molecule has 0 saturated carbocycles. The lowest BCUT2D eigenvalue weighted by molar-refractivity contribution is -0.383. The number of rotatable bonds is 4. The normalized spacial score (nSPS) is 10.1. The van der Waals surface area contributed by atoms with E-state index in [1.54, 1.807) is 12.1 Å². The van der Waals surface area contributed by atoms with Gasteiger partial charge in [0.1, 0.15) is 5.69 Å². The summed E-state index contributed by atoms with van der Waals surface area (Å²) in [7, 11) is 0. The molecule has 2 aromatic rings. The van der Waals surface area contributed by atoms with Gasteiger partial charge in [-0.1, -0.05) is 22.0 Å². The van der Waals surface area contributed by atoms with E-state index in [1.165, 1.54) is 19.1 Å². The lowest BCUT2D eigenvalue weighted by Crippen LogP contribution is -2.00. The molecule has 0 saturated heterocycles. The largest absolute Gasteiger partial charge is 0.350 e. The number of nitro groups is 1. The molecule has 20 heavy (non-hydrogen) atoms. The van der Waals surface area contributed by atoms with Gasteiger partial charge >= 0.3 is 0 Å². The first-order valence-corrected chi connectivity index (χ1v) is 6.58. The second-order valence-corrected chi connectivity index (χ2v) is 5.10. The Morgan fingerprint density at radius 3 is 2.60 bits per heavy atom. The number of hydrogen-bond acceptors (Lipinski definition) is 4. The summed E-state index contributed by atoms with van der Waals surface area (Å²) in [5, 5.41) is 14.1. The van der Waals surface area contributed by atoms with E-state index in [-0.39, 0.29) is 11.5 Å². The zero-order chi connectivity index (χ0) is 14.7. The molecule has 0 aliphatic heterocycles. The van der Waals surface area contributed by atoms with Crippen LogP contribution in [-0.4, -0.2) is 10.7 Å². The Kier molecular flexibility index (Phi) is 4.14. The SMILES string of the molecule is CC(=O)c1ccc(Nc2cccc(Br)c2)c([N+](=O)[O-])c1. The summed E-state index contributed by atoms with van der Waals surface area (Å²) in [4.78, 5) is 21.9. The average Bonchev–Trinajstić information content (AvgIpc) is 2.38. The lowest BCUT2D eigenvalue weighted by Gasteiger charge is -2.08. The van der Waals surface area contributed by atoms with Crippen LogP contribution in [0.3, 0.4) is 0 Å². The molecule has 0 aliphatic carbocycles. The van der Waals surface area contributed by atoms with Crippen molar-refractivity contribution in [1.82, 2.24) is 0 Å². The number of anilines is 2. The van der Waals surface area contributed by atoms with E-state index in [0.29, 0.717) is 11.3 Å². The van der Waals surface area contributed by atoms with Crippen LogP contribution in [0.15, 0.2) is 46.9 Å². The number of nitro benzene ring substituents is 1. The summed E-state index contributed by atoms with van der Waals surface area (Å²) in [6, 6.07) is 11.7. The highest BCUT2D eigenvalue weighted by atomic mass is 79.9. The first-order valence-electron chi connectivity index (χ1n) is 5.79. The Bertz CT molecular complexity index is 686. The van der Waals surface area contributed by atoms with E-state index >= 15 is 0 Å². The van der Waals surface area contributed by atoms with Crippen LogP contribution in [0.2, 0.25) is 0 Å². The van der Waals surface area contributed by atoms with Crippen LogP contribution < -0.4 is 5.32 Å². The van der Waals surface area contributed by atoms with Crippen molar-refractivity contribution in [3.63, 3.8) is 0 Å². The zero-order valence-corrected chi connectivity index (χ0v) is 12.2. The predicted octanol–water partition coefficient (Wildman–Crippen LogP) is 4.30. The molecule has 0 aliphatic rings. The third-order valence-electron chi connectivity index (χ3n) is 2.70. The quantitative estimate of drug-likeness (QED) is 0.514. The number of ketones is 1. The van der Waals surface area contributed by atoms with Gasteiger partial charge in [0.15, 0.2) is 5.78 Å². The molecule has 1 N–H and O–H groups in total. The molecule has 0 fully saturated rings. The van der Waals surface area contributed by atoms with Gasteiger partial charge in [-0.3, -0.25) is 14.9 Å². The summed E-state index contributed by atoms with van der Waals surface area (Å²) in [5.41, 5.74) is 1.25. The van der Waals surface area contributed by atoms with Crippen molar-refractivity contribution < 1.29 is 9.72 Å². The maximum atomic E-state index is 11.3. The Labute approximate surface area is 123 Å². The molecule has 2 rings (SSSR count). The maximum absolute atomic E-state index is 11.3. The highest BCUT2D eigenvalue weighted by Crippen LogP contribution is 2.29. The van der Waals surface area contributed by atoms with E-state index < -0.39 is 4.92 Å². The van der Waals surface area contributed by atoms with Crippen LogP contribution >= 0.6 is 15.9 Å². The highest BCUT2D eigenvalue weighted by molar-refractivity contribution is 9.10. The molecule has 0 unspecified atom stereocenters. The molecule has 0 radical (unpaired) electrons. The first-order chi connectivity index (χ1) is 9.47. The molecule has 0 aromatic heterocycles. The number of carbonyl (C=O) groups excluding carboxylic acids is 1. The van der Waals surface area contributed by atoms with Crippen LogP contribution in [0.1, 0.15) is 17.3 Å². The van der Waals surface area contributed by atoms with Gasteiger partial charge in [-0.15, -0.1) is 0 Å². The Morgan fingerprint density at radius 2 is 2.00 bits per heavy atom. The monoisotopic (exact) mass is 334 g/mol. The molecular weight excluding hydrogens is 324 g/mol. The number of halogens is 1. The second-order valence-electron chi connectivity index (χ2n) is 4.18. The Balaban J connectivity index is 2.41. The number of Topliss-reactive ketones (excluding diaryl/α,β-unsaturated/α-hetero) is 1. The van der Waals surface area contributed by atoms with Crippen LogP contribution in [0.25, 0.3) is 0 Å². The van der Waals surface area contributed by atoms with Crippen molar-refractivity contribution in [2.24, 2.45) is 0 Å². The Morgan fingerprint density at radius 1 is 1.25 bits per heavy atom. The van der Waals surface area contributed by atoms with Crippen molar-refractivity contribution in [2.75, 3.05) is 5.32 Å². The van der Waals surface area contributed by atoms with Gasteiger partial charge in [0.2, 0.25) is 0 Å². The molecule has 0 amide bonds. The summed E-state index contributed by atoms with van der Waals surface area (Å²) in [6.07, 6.45) is 0. The fraction of sp³-hybridized carbons (Fsp3) is 0.0714. The molecule has 0 heterocycles. The standard InChI is InChI=1S/C14H11BrN2O3/c1-9(18)10-5-6-13(14(7-10)17(19)20)16-12-4-2-3-11(15)8-12/h2-8,16H,1H3. The highest BCUT2D eigenvalue weighted by Gasteiger charge is 2.16. The molecule has 0 bridgehead atoms. The van der Waals surface area contributed by atoms with Gasteiger partial charge in [0, 0.05) is 21.8 Å². The van der Waals surface area contributed by atoms with Crippen molar-refractivity contribution in [1.29, 1.82) is 0 Å². The van der Waals surface area contributed by atoms with E-state index in [2.05, 4.69) is 21.2 Å². The molecular formula is C14H11BrN2O3. The number of carbonyl (C=O) groups is 1. The minimum atomic E-state index is -0.507. The summed E-state index contributed by atoms with van der Waals surface area (Å²) in [6.45, 7) is 1.38.